The summed E-state index contributed by atoms with van der Waals surface area (Å²) in [4.78, 5) is 38.5. The number of non-ortho nitro benzene ring substituents is 1. The number of H-pyrrole nitrogens is 1. The highest BCUT2D eigenvalue weighted by molar-refractivity contribution is 5.90. The first-order chi connectivity index (χ1) is 13.6. The maximum absolute atomic E-state index is 11.8. The number of nitrogens with one attached hydrogen (secondary N) is 1. The standard InChI is InChI=1S/C19H20N6O3/c1-13-10-20-18-17(13)19(22-12-21-18)24-7-5-23(6-8-24)16(11-26)14-3-2-4-15(9-14)25(27)28/h2-4,9-12,16H,5-8H2,1H3,(H,20,21,22). The molecule has 1 aliphatic heterocycles. The third-order valence-electron chi connectivity index (χ3n) is 5.21. The largest absolute Gasteiger partial charge is 0.353 e. The number of nitrogens with zero attached hydrogens (tertiary/aromatic N) is 5. The van der Waals surface area contributed by atoms with Crippen molar-refractivity contribution in [1.82, 2.24) is 19.9 Å². The number of aromatic nitrogens is 3. The molecular formula is C19H20N6O3. The smallest absolute Gasteiger partial charge is 0.269 e. The van der Waals surface area contributed by atoms with Crippen molar-refractivity contribution >= 4 is 28.8 Å². The molecule has 1 aromatic carbocycles. The van der Waals surface area contributed by atoms with Gasteiger partial charge < -0.3 is 14.7 Å². The van der Waals surface area contributed by atoms with Crippen LogP contribution in [0.4, 0.5) is 11.5 Å². The number of aldehydes is 1. The zero-order valence-electron chi connectivity index (χ0n) is 15.4. The van der Waals surface area contributed by atoms with Gasteiger partial charge in [0.05, 0.1) is 16.4 Å². The minimum Gasteiger partial charge on any atom is -0.353 e. The number of nitro groups is 1. The number of fused-ring (bicyclic) bond motifs is 1. The molecule has 9 nitrogen and oxygen atoms in total. The number of aryl methyl sites for hydroxylation is 1. The fourth-order valence-corrected chi connectivity index (χ4v) is 3.75. The van der Waals surface area contributed by atoms with Gasteiger partial charge in [0, 0.05) is 44.5 Å². The van der Waals surface area contributed by atoms with E-state index in [2.05, 4.69) is 19.9 Å². The van der Waals surface area contributed by atoms with Crippen LogP contribution in [-0.2, 0) is 4.79 Å². The van der Waals surface area contributed by atoms with Gasteiger partial charge in [0.15, 0.2) is 0 Å². The lowest BCUT2D eigenvalue weighted by molar-refractivity contribution is -0.384. The first-order valence-electron chi connectivity index (χ1n) is 9.06. The molecule has 0 amide bonds. The number of hydrogen-bond acceptors (Lipinski definition) is 7. The van der Waals surface area contributed by atoms with Crippen LogP contribution in [0.3, 0.4) is 0 Å². The summed E-state index contributed by atoms with van der Waals surface area (Å²) < 4.78 is 0. The molecule has 3 heterocycles. The number of anilines is 1. The Morgan fingerprint density at radius 3 is 2.75 bits per heavy atom. The lowest BCUT2D eigenvalue weighted by Gasteiger charge is -2.38. The van der Waals surface area contributed by atoms with E-state index in [-0.39, 0.29) is 5.69 Å². The molecule has 1 fully saturated rings. The average molecular weight is 380 g/mol. The van der Waals surface area contributed by atoms with Crippen molar-refractivity contribution in [3.63, 3.8) is 0 Å². The first kappa shape index (κ1) is 18.1. The summed E-state index contributed by atoms with van der Waals surface area (Å²) in [5, 5.41) is 12.1. The Labute approximate surface area is 161 Å². The Morgan fingerprint density at radius 1 is 1.25 bits per heavy atom. The molecule has 1 atom stereocenters. The van der Waals surface area contributed by atoms with E-state index in [1.54, 1.807) is 18.5 Å². The normalized spacial score (nSPS) is 16.2. The van der Waals surface area contributed by atoms with Gasteiger partial charge in [0.25, 0.3) is 5.69 Å². The maximum atomic E-state index is 11.8. The van der Waals surface area contributed by atoms with Crippen LogP contribution in [0.5, 0.6) is 0 Å². The highest BCUT2D eigenvalue weighted by Crippen LogP contribution is 2.29. The lowest BCUT2D eigenvalue weighted by atomic mass is 10.0. The molecule has 1 aliphatic rings. The Kier molecular flexibility index (Phi) is 4.74. The summed E-state index contributed by atoms with van der Waals surface area (Å²) in [6, 6.07) is 5.79. The van der Waals surface area contributed by atoms with Crippen LogP contribution in [0, 0.1) is 17.0 Å². The topological polar surface area (TPSA) is 108 Å². The zero-order valence-corrected chi connectivity index (χ0v) is 15.4. The van der Waals surface area contributed by atoms with E-state index < -0.39 is 11.0 Å². The molecule has 1 N–H and O–H groups in total. The van der Waals surface area contributed by atoms with E-state index in [0.717, 1.165) is 28.7 Å². The number of carbonyl (C=O) groups excluding carboxylic acids is 1. The van der Waals surface area contributed by atoms with Crippen LogP contribution in [-0.4, -0.2) is 57.2 Å². The number of nitro benzene ring substituents is 1. The van der Waals surface area contributed by atoms with Gasteiger partial charge in [-0.1, -0.05) is 12.1 Å². The minimum atomic E-state index is -0.499. The van der Waals surface area contributed by atoms with Gasteiger partial charge in [-0.3, -0.25) is 15.0 Å². The number of benzene rings is 1. The number of carbonyl (C=O) groups is 1. The van der Waals surface area contributed by atoms with Crippen LogP contribution < -0.4 is 4.90 Å². The molecule has 1 unspecified atom stereocenters. The van der Waals surface area contributed by atoms with E-state index in [9.17, 15) is 14.9 Å². The third kappa shape index (κ3) is 3.20. The average Bonchev–Trinajstić information content (AvgIpc) is 3.11. The maximum Gasteiger partial charge on any atom is 0.269 e. The van der Waals surface area contributed by atoms with Crippen molar-refractivity contribution in [3.05, 3.63) is 58.0 Å². The minimum absolute atomic E-state index is 0.00528. The molecule has 28 heavy (non-hydrogen) atoms. The highest BCUT2D eigenvalue weighted by atomic mass is 16.6. The molecule has 0 bridgehead atoms. The summed E-state index contributed by atoms with van der Waals surface area (Å²) in [6.07, 6.45) is 4.33. The van der Waals surface area contributed by atoms with Crippen molar-refractivity contribution in [2.45, 2.75) is 13.0 Å². The van der Waals surface area contributed by atoms with Crippen LogP contribution in [0.15, 0.2) is 36.8 Å². The number of piperazine rings is 1. The Morgan fingerprint density at radius 2 is 2.04 bits per heavy atom. The molecule has 0 radical (unpaired) electrons. The summed E-state index contributed by atoms with van der Waals surface area (Å²) in [5.41, 5.74) is 2.54. The van der Waals surface area contributed by atoms with Crippen molar-refractivity contribution in [3.8, 4) is 0 Å². The van der Waals surface area contributed by atoms with Crippen molar-refractivity contribution in [2.75, 3.05) is 31.1 Å². The summed E-state index contributed by atoms with van der Waals surface area (Å²) in [5.74, 6) is 0.890. The van der Waals surface area contributed by atoms with E-state index in [4.69, 9.17) is 0 Å². The molecule has 4 rings (SSSR count). The molecule has 0 aliphatic carbocycles. The van der Waals surface area contributed by atoms with Gasteiger partial charge in [0.2, 0.25) is 0 Å². The second-order valence-corrected chi connectivity index (χ2v) is 6.85. The van der Waals surface area contributed by atoms with Gasteiger partial charge in [-0.15, -0.1) is 0 Å². The zero-order chi connectivity index (χ0) is 19.7. The van der Waals surface area contributed by atoms with Crippen molar-refractivity contribution < 1.29 is 9.72 Å². The van der Waals surface area contributed by atoms with Gasteiger partial charge in [0.1, 0.15) is 24.1 Å². The molecule has 9 heteroatoms. The monoisotopic (exact) mass is 380 g/mol. The lowest BCUT2D eigenvalue weighted by Crippen LogP contribution is -2.48. The number of aromatic amines is 1. The highest BCUT2D eigenvalue weighted by Gasteiger charge is 2.27. The summed E-state index contributed by atoms with van der Waals surface area (Å²) >= 11 is 0. The Balaban J connectivity index is 1.53. The van der Waals surface area contributed by atoms with Crippen LogP contribution >= 0.6 is 0 Å². The Bertz CT molecular complexity index is 1030. The fourth-order valence-electron chi connectivity index (χ4n) is 3.75. The molecule has 0 spiro atoms. The van der Waals surface area contributed by atoms with E-state index in [1.165, 1.54) is 12.1 Å². The van der Waals surface area contributed by atoms with Gasteiger partial charge >= 0.3 is 0 Å². The molecule has 2 aromatic heterocycles. The molecule has 0 saturated carbocycles. The third-order valence-corrected chi connectivity index (χ3v) is 5.21. The molecule has 3 aromatic rings. The van der Waals surface area contributed by atoms with Crippen molar-refractivity contribution in [1.29, 1.82) is 0 Å². The quantitative estimate of drug-likeness (QED) is 0.411. The van der Waals surface area contributed by atoms with E-state index in [0.29, 0.717) is 31.7 Å². The number of rotatable bonds is 5. The molecule has 144 valence electrons. The van der Waals surface area contributed by atoms with Crippen LogP contribution in [0.25, 0.3) is 11.0 Å². The van der Waals surface area contributed by atoms with Gasteiger partial charge in [-0.25, -0.2) is 9.97 Å². The summed E-state index contributed by atoms with van der Waals surface area (Å²) in [6.45, 7) is 4.74. The Hall–Kier alpha value is -3.33. The first-order valence-corrected chi connectivity index (χ1v) is 9.06. The SMILES string of the molecule is Cc1c[nH]c2ncnc(N3CCN(C(C=O)c4cccc([N+](=O)[O-])c4)CC3)c12. The van der Waals surface area contributed by atoms with Gasteiger partial charge in [-0.2, -0.15) is 0 Å². The second kappa shape index (κ2) is 7.35. The van der Waals surface area contributed by atoms with E-state index in [1.807, 2.05) is 18.0 Å². The number of hydrogen-bond donors (Lipinski definition) is 1. The van der Waals surface area contributed by atoms with Crippen molar-refractivity contribution in [2.24, 2.45) is 0 Å². The van der Waals surface area contributed by atoms with E-state index >= 15 is 0 Å². The van der Waals surface area contributed by atoms with Crippen LogP contribution in [0.1, 0.15) is 17.2 Å². The predicted molar refractivity (Wildman–Crippen MR) is 104 cm³/mol. The molecular weight excluding hydrogens is 360 g/mol. The summed E-state index contributed by atoms with van der Waals surface area (Å²) in [7, 11) is 0. The van der Waals surface area contributed by atoms with Gasteiger partial charge in [-0.05, 0) is 18.1 Å². The second-order valence-electron chi connectivity index (χ2n) is 6.85. The molecule has 1 saturated heterocycles. The predicted octanol–water partition coefficient (Wildman–Crippen LogP) is 2.24. The van der Waals surface area contributed by atoms with Crippen LogP contribution in [0.2, 0.25) is 0 Å². The fraction of sp³-hybridized carbons (Fsp3) is 0.316.